The first-order chi connectivity index (χ1) is 17.1. The second kappa shape index (κ2) is 8.66. The number of ether oxygens (including phenoxy) is 3. The number of H-pyrrole nitrogens is 1. The van der Waals surface area contributed by atoms with Crippen LogP contribution in [0, 0.1) is 12.7 Å². The lowest BCUT2D eigenvalue weighted by Crippen LogP contribution is -2.39. The highest BCUT2D eigenvalue weighted by Crippen LogP contribution is 2.54. The van der Waals surface area contributed by atoms with E-state index in [0.29, 0.717) is 66.9 Å². The Morgan fingerprint density at radius 3 is 2.97 bits per heavy atom. The molecular weight excluding hydrogens is 451 g/mol. The Morgan fingerprint density at radius 2 is 2.17 bits per heavy atom. The van der Waals surface area contributed by atoms with Crippen LogP contribution in [0.5, 0.6) is 5.75 Å². The number of carbonyl (C=O) groups is 1. The Balaban J connectivity index is 1.44. The molecule has 1 aromatic carbocycles. The summed E-state index contributed by atoms with van der Waals surface area (Å²) in [6.07, 6.45) is 5.17. The molecule has 2 fully saturated rings. The van der Waals surface area contributed by atoms with Gasteiger partial charge in [0.15, 0.2) is 0 Å². The number of aromatic nitrogens is 2. The molecule has 8 nitrogen and oxygen atoms in total. The quantitative estimate of drug-likeness (QED) is 0.498. The van der Waals surface area contributed by atoms with Gasteiger partial charge in [0, 0.05) is 40.7 Å². The van der Waals surface area contributed by atoms with Gasteiger partial charge >= 0.3 is 0 Å². The number of hydrogen-bond acceptors (Lipinski definition) is 6. The van der Waals surface area contributed by atoms with Crippen LogP contribution in [0.4, 0.5) is 15.8 Å². The summed E-state index contributed by atoms with van der Waals surface area (Å²) in [4.78, 5) is 20.9. The lowest BCUT2D eigenvalue weighted by Gasteiger charge is -2.23. The molecule has 1 amide bonds. The molecule has 1 unspecified atom stereocenters. The minimum Gasteiger partial charge on any atom is -0.488 e. The number of benzene rings is 1. The minimum atomic E-state index is -0.313. The molecule has 182 valence electrons. The van der Waals surface area contributed by atoms with Crippen LogP contribution in [-0.2, 0) is 14.9 Å². The minimum absolute atomic E-state index is 0.0871. The molecule has 3 aliphatic rings. The molecule has 4 heterocycles. The number of nitrogens with one attached hydrogen (secondary N) is 3. The van der Waals surface area contributed by atoms with Crippen LogP contribution < -0.4 is 15.4 Å². The fourth-order valence-corrected chi connectivity index (χ4v) is 4.85. The number of halogens is 1. The van der Waals surface area contributed by atoms with E-state index in [0.717, 1.165) is 24.1 Å². The average molecular weight is 479 g/mol. The highest BCUT2D eigenvalue weighted by Gasteiger charge is 2.51. The van der Waals surface area contributed by atoms with E-state index in [-0.39, 0.29) is 23.2 Å². The summed E-state index contributed by atoms with van der Waals surface area (Å²) >= 11 is 0. The number of amides is 1. The molecule has 0 radical (unpaired) electrons. The Hall–Kier alpha value is -3.43. The van der Waals surface area contributed by atoms with Gasteiger partial charge in [-0.2, -0.15) is 0 Å². The number of rotatable bonds is 6. The van der Waals surface area contributed by atoms with Crippen molar-refractivity contribution in [3.05, 3.63) is 59.3 Å². The molecule has 1 saturated carbocycles. The van der Waals surface area contributed by atoms with E-state index >= 15 is 0 Å². The van der Waals surface area contributed by atoms with Crippen molar-refractivity contribution in [3.63, 3.8) is 0 Å². The van der Waals surface area contributed by atoms with E-state index in [2.05, 4.69) is 20.6 Å². The van der Waals surface area contributed by atoms with Gasteiger partial charge in [-0.05, 0) is 38.0 Å². The maximum Gasteiger partial charge on any atom is 0.255 e. The first kappa shape index (κ1) is 22.1. The van der Waals surface area contributed by atoms with Crippen LogP contribution in [0.1, 0.15) is 34.5 Å². The molecule has 1 aliphatic carbocycles. The van der Waals surface area contributed by atoms with E-state index in [1.807, 2.05) is 6.07 Å². The van der Waals surface area contributed by atoms with Crippen LogP contribution in [0.3, 0.4) is 0 Å². The lowest BCUT2D eigenvalue weighted by atomic mass is 9.93. The molecule has 1 saturated heterocycles. The SMILES string of the molecule is Cc1c(F)cccc1Nc1c(-c2ccncc2OCC2COCCO2)[nH]c2c1C(=O)NCC21CC1. The molecule has 3 N–H and O–H groups in total. The number of fused-ring (bicyclic) bond motifs is 2. The van der Waals surface area contributed by atoms with Gasteiger partial charge in [0.05, 0.1) is 43.0 Å². The third kappa shape index (κ3) is 3.94. The molecule has 2 aliphatic heterocycles. The maximum atomic E-state index is 14.3. The second-order valence-electron chi connectivity index (χ2n) is 9.38. The molecule has 1 spiro atoms. The van der Waals surface area contributed by atoms with E-state index in [1.54, 1.807) is 31.5 Å². The van der Waals surface area contributed by atoms with Gasteiger partial charge in [0.25, 0.3) is 5.91 Å². The Labute approximate surface area is 202 Å². The lowest BCUT2D eigenvalue weighted by molar-refractivity contribution is -0.101. The monoisotopic (exact) mass is 478 g/mol. The predicted molar refractivity (Wildman–Crippen MR) is 128 cm³/mol. The zero-order valence-electron chi connectivity index (χ0n) is 19.4. The standard InChI is InChI=1S/C26H27FN4O4/c1-15-18(27)3-2-4-19(15)30-23-21-24(26(6-7-26)14-29-25(21)32)31-22(23)17-5-8-28-11-20(17)35-13-16-12-33-9-10-34-16/h2-5,8,11,16,30-31H,6-7,9-10,12-14H2,1H3,(H,29,32). The fourth-order valence-electron chi connectivity index (χ4n) is 4.85. The van der Waals surface area contributed by atoms with Gasteiger partial charge in [-0.25, -0.2) is 4.39 Å². The van der Waals surface area contributed by atoms with Crippen LogP contribution >= 0.6 is 0 Å². The normalized spacial score (nSPS) is 20.3. The molecule has 0 bridgehead atoms. The van der Waals surface area contributed by atoms with E-state index in [4.69, 9.17) is 14.2 Å². The van der Waals surface area contributed by atoms with Crippen molar-refractivity contribution < 1.29 is 23.4 Å². The number of pyridine rings is 1. The molecular formula is C26H27FN4O4. The maximum absolute atomic E-state index is 14.3. The van der Waals surface area contributed by atoms with Crippen LogP contribution in [0.25, 0.3) is 11.3 Å². The molecule has 1 atom stereocenters. The Morgan fingerprint density at radius 1 is 1.29 bits per heavy atom. The van der Waals surface area contributed by atoms with Gasteiger partial charge in [0.1, 0.15) is 24.3 Å². The summed E-state index contributed by atoms with van der Waals surface area (Å²) in [5.74, 6) is 0.0945. The highest BCUT2D eigenvalue weighted by atomic mass is 19.1. The predicted octanol–water partition coefficient (Wildman–Crippen LogP) is 3.84. The third-order valence-electron chi connectivity index (χ3n) is 7.09. The summed E-state index contributed by atoms with van der Waals surface area (Å²) in [5, 5.41) is 6.41. The van der Waals surface area contributed by atoms with Crippen molar-refractivity contribution in [2.24, 2.45) is 0 Å². The first-order valence-corrected chi connectivity index (χ1v) is 11.9. The van der Waals surface area contributed by atoms with Gasteiger partial charge in [0.2, 0.25) is 0 Å². The van der Waals surface area contributed by atoms with Crippen LogP contribution in [-0.4, -0.2) is 55.0 Å². The van der Waals surface area contributed by atoms with Crippen molar-refractivity contribution in [1.29, 1.82) is 0 Å². The molecule has 9 heteroatoms. The Bertz CT molecular complexity index is 1280. The smallest absolute Gasteiger partial charge is 0.255 e. The zero-order chi connectivity index (χ0) is 24.0. The number of aromatic amines is 1. The largest absolute Gasteiger partial charge is 0.488 e. The summed E-state index contributed by atoms with van der Waals surface area (Å²) < 4.78 is 31.7. The topological polar surface area (TPSA) is 97.5 Å². The van der Waals surface area contributed by atoms with E-state index < -0.39 is 0 Å². The number of carbonyl (C=O) groups excluding carboxylic acids is 1. The molecule has 2 aromatic heterocycles. The second-order valence-corrected chi connectivity index (χ2v) is 9.38. The summed E-state index contributed by atoms with van der Waals surface area (Å²) in [6.45, 7) is 4.23. The number of anilines is 2. The van der Waals surface area contributed by atoms with Gasteiger partial charge in [-0.15, -0.1) is 0 Å². The van der Waals surface area contributed by atoms with Gasteiger partial charge in [-0.3, -0.25) is 9.78 Å². The number of hydrogen-bond donors (Lipinski definition) is 3. The summed E-state index contributed by atoms with van der Waals surface area (Å²) in [7, 11) is 0. The van der Waals surface area contributed by atoms with Crippen molar-refractivity contribution in [3.8, 4) is 17.0 Å². The van der Waals surface area contributed by atoms with Crippen molar-refractivity contribution in [1.82, 2.24) is 15.3 Å². The molecule has 35 heavy (non-hydrogen) atoms. The summed E-state index contributed by atoms with van der Waals surface area (Å²) in [5.41, 5.74) is 4.54. The van der Waals surface area contributed by atoms with E-state index in [9.17, 15) is 9.18 Å². The van der Waals surface area contributed by atoms with Crippen molar-refractivity contribution in [2.45, 2.75) is 31.3 Å². The van der Waals surface area contributed by atoms with Gasteiger partial charge < -0.3 is 29.8 Å². The molecule has 3 aromatic rings. The third-order valence-corrected chi connectivity index (χ3v) is 7.09. The molecule has 6 rings (SSSR count). The van der Waals surface area contributed by atoms with Crippen molar-refractivity contribution >= 4 is 17.3 Å². The summed E-state index contributed by atoms with van der Waals surface area (Å²) in [6, 6.07) is 6.73. The van der Waals surface area contributed by atoms with Crippen LogP contribution in [0.15, 0.2) is 36.7 Å². The van der Waals surface area contributed by atoms with Gasteiger partial charge in [-0.1, -0.05) is 6.07 Å². The zero-order valence-corrected chi connectivity index (χ0v) is 19.4. The Kier molecular flexibility index (Phi) is 5.46. The first-order valence-electron chi connectivity index (χ1n) is 11.9. The van der Waals surface area contributed by atoms with Crippen molar-refractivity contribution in [2.75, 3.05) is 38.3 Å². The number of nitrogens with zero attached hydrogens (tertiary/aromatic N) is 1. The fraction of sp³-hybridized carbons (Fsp3) is 0.385. The van der Waals surface area contributed by atoms with E-state index in [1.165, 1.54) is 6.07 Å². The highest BCUT2D eigenvalue weighted by molar-refractivity contribution is 6.07. The average Bonchev–Trinajstić information content (AvgIpc) is 3.56. The van der Waals surface area contributed by atoms with Crippen LogP contribution in [0.2, 0.25) is 0 Å².